The van der Waals surface area contributed by atoms with Crippen molar-refractivity contribution in [3.05, 3.63) is 70.7 Å². The Hall–Kier alpha value is -2.86. The van der Waals surface area contributed by atoms with E-state index < -0.39 is 12.1 Å². The van der Waals surface area contributed by atoms with Gasteiger partial charge in [0.05, 0.1) is 0 Å². The van der Waals surface area contributed by atoms with E-state index in [-0.39, 0.29) is 23.8 Å². The van der Waals surface area contributed by atoms with Gasteiger partial charge < -0.3 is 15.5 Å². The number of halogens is 1. The zero-order valence-corrected chi connectivity index (χ0v) is 15.9. The van der Waals surface area contributed by atoms with Crippen molar-refractivity contribution in [3.8, 4) is 0 Å². The molecule has 2 aromatic carbocycles. The Morgan fingerprint density at radius 2 is 1.93 bits per heavy atom. The predicted octanol–water partition coefficient (Wildman–Crippen LogP) is 1.78. The number of carbonyl (C=O) groups is 3. The van der Waals surface area contributed by atoms with Gasteiger partial charge in [-0.2, -0.15) is 0 Å². The zero-order chi connectivity index (χ0) is 19.7. The van der Waals surface area contributed by atoms with Crippen LogP contribution in [0.5, 0.6) is 0 Å². The summed E-state index contributed by atoms with van der Waals surface area (Å²) in [6.45, 7) is 0.328. The molecule has 4 rings (SSSR count). The number of hydrogen-bond donors (Lipinski definition) is 2. The molecule has 2 heterocycles. The Morgan fingerprint density at radius 1 is 1.14 bits per heavy atom. The van der Waals surface area contributed by atoms with Gasteiger partial charge in [0.15, 0.2) is 0 Å². The third-order valence-corrected chi connectivity index (χ3v) is 5.44. The summed E-state index contributed by atoms with van der Waals surface area (Å²) < 4.78 is 0. The van der Waals surface area contributed by atoms with E-state index in [1.807, 2.05) is 30.3 Å². The van der Waals surface area contributed by atoms with Crippen LogP contribution in [0.25, 0.3) is 0 Å². The summed E-state index contributed by atoms with van der Waals surface area (Å²) in [5.41, 5.74) is 1.44. The Kier molecular flexibility index (Phi) is 5.05. The first-order valence-electron chi connectivity index (χ1n) is 9.22. The van der Waals surface area contributed by atoms with E-state index in [1.165, 1.54) is 0 Å². The highest BCUT2D eigenvalue weighted by atomic mass is 35.5. The van der Waals surface area contributed by atoms with E-state index in [0.29, 0.717) is 30.0 Å². The number of fused-ring (bicyclic) bond motifs is 1. The van der Waals surface area contributed by atoms with Crippen LogP contribution >= 0.6 is 11.6 Å². The lowest BCUT2D eigenvalue weighted by Gasteiger charge is -2.34. The van der Waals surface area contributed by atoms with E-state index in [0.717, 1.165) is 5.56 Å². The molecule has 7 heteroatoms. The molecule has 2 fully saturated rings. The molecule has 0 bridgehead atoms. The van der Waals surface area contributed by atoms with E-state index in [1.54, 1.807) is 29.2 Å². The molecule has 3 atom stereocenters. The second-order valence-corrected chi connectivity index (χ2v) is 7.61. The van der Waals surface area contributed by atoms with Crippen molar-refractivity contribution >= 4 is 29.3 Å². The molecule has 0 radical (unpaired) electrons. The number of amides is 3. The highest BCUT2D eigenvalue weighted by molar-refractivity contribution is 6.30. The lowest BCUT2D eigenvalue weighted by molar-refractivity contribution is -0.147. The second kappa shape index (κ2) is 7.64. The maximum absolute atomic E-state index is 12.9. The van der Waals surface area contributed by atoms with Crippen LogP contribution in [0, 0.1) is 0 Å². The van der Waals surface area contributed by atoms with E-state index >= 15 is 0 Å². The van der Waals surface area contributed by atoms with Gasteiger partial charge in [0.25, 0.3) is 5.91 Å². The smallest absolute Gasteiger partial charge is 0.251 e. The number of piperazine rings is 1. The lowest BCUT2D eigenvalue weighted by atomic mass is 10.0. The molecule has 2 aliphatic rings. The molecule has 0 spiro atoms. The maximum atomic E-state index is 12.9. The first-order valence-corrected chi connectivity index (χ1v) is 9.60. The maximum Gasteiger partial charge on any atom is 0.251 e. The van der Waals surface area contributed by atoms with Crippen molar-refractivity contribution in [1.29, 1.82) is 0 Å². The van der Waals surface area contributed by atoms with Gasteiger partial charge in [-0.05, 0) is 30.2 Å². The number of hydrogen-bond acceptors (Lipinski definition) is 3. The summed E-state index contributed by atoms with van der Waals surface area (Å²) in [5.74, 6) is -0.533. The van der Waals surface area contributed by atoms with Crippen LogP contribution < -0.4 is 10.6 Å². The van der Waals surface area contributed by atoms with Crippen LogP contribution in [0.3, 0.4) is 0 Å². The summed E-state index contributed by atoms with van der Waals surface area (Å²) in [4.78, 5) is 39.5. The van der Waals surface area contributed by atoms with Crippen molar-refractivity contribution < 1.29 is 14.4 Å². The third kappa shape index (κ3) is 3.73. The van der Waals surface area contributed by atoms with Gasteiger partial charge in [0.1, 0.15) is 12.1 Å². The Balaban J connectivity index is 1.43. The molecule has 28 heavy (non-hydrogen) atoms. The number of nitrogens with one attached hydrogen (secondary N) is 2. The average Bonchev–Trinajstić information content (AvgIpc) is 3.11. The minimum atomic E-state index is -0.575. The van der Waals surface area contributed by atoms with E-state index in [2.05, 4.69) is 10.6 Å². The molecule has 144 valence electrons. The fourth-order valence-electron chi connectivity index (χ4n) is 3.85. The molecular weight excluding hydrogens is 378 g/mol. The average molecular weight is 398 g/mol. The summed E-state index contributed by atoms with van der Waals surface area (Å²) in [5, 5.41) is 6.23. The number of rotatable bonds is 4. The molecule has 6 nitrogen and oxygen atoms in total. The SMILES string of the molecule is O=C(N[C@H]1C[C@H]2C(=O)N[C@@H](Cc3ccccc3)C(=O)N2C1)c1cccc(Cl)c1. The van der Waals surface area contributed by atoms with Crippen LogP contribution in [0.15, 0.2) is 54.6 Å². The van der Waals surface area contributed by atoms with Crippen molar-refractivity contribution in [1.82, 2.24) is 15.5 Å². The Labute approximate surface area is 167 Å². The van der Waals surface area contributed by atoms with Gasteiger partial charge in [-0.3, -0.25) is 14.4 Å². The van der Waals surface area contributed by atoms with Crippen molar-refractivity contribution in [3.63, 3.8) is 0 Å². The molecule has 2 aromatic rings. The summed E-state index contributed by atoms with van der Waals surface area (Å²) in [6.07, 6.45) is 0.857. The minimum Gasteiger partial charge on any atom is -0.347 e. The number of carbonyl (C=O) groups excluding carboxylic acids is 3. The highest BCUT2D eigenvalue weighted by Crippen LogP contribution is 2.24. The highest BCUT2D eigenvalue weighted by Gasteiger charge is 2.46. The molecule has 2 aliphatic heterocycles. The quantitative estimate of drug-likeness (QED) is 0.825. The molecule has 0 saturated carbocycles. The molecule has 0 aromatic heterocycles. The van der Waals surface area contributed by atoms with Gasteiger partial charge in [0.2, 0.25) is 11.8 Å². The zero-order valence-electron chi connectivity index (χ0n) is 15.1. The van der Waals surface area contributed by atoms with Crippen molar-refractivity contribution in [2.24, 2.45) is 0 Å². The normalized spacial score (nSPS) is 23.9. The van der Waals surface area contributed by atoms with Crippen LogP contribution in [0.4, 0.5) is 0 Å². The summed E-state index contributed by atoms with van der Waals surface area (Å²) in [6, 6.07) is 14.9. The molecule has 3 amide bonds. The third-order valence-electron chi connectivity index (χ3n) is 5.21. The van der Waals surface area contributed by atoms with Gasteiger partial charge in [-0.25, -0.2) is 0 Å². The fourth-order valence-corrected chi connectivity index (χ4v) is 4.04. The first-order chi connectivity index (χ1) is 13.5. The van der Waals surface area contributed by atoms with Crippen LogP contribution in [-0.4, -0.2) is 47.3 Å². The molecule has 0 unspecified atom stereocenters. The number of benzene rings is 2. The molecule has 2 N–H and O–H groups in total. The lowest BCUT2D eigenvalue weighted by Crippen LogP contribution is -2.61. The summed E-state index contributed by atoms with van der Waals surface area (Å²) >= 11 is 5.94. The van der Waals surface area contributed by atoms with Crippen LogP contribution in [0.1, 0.15) is 22.3 Å². The van der Waals surface area contributed by atoms with Gasteiger partial charge in [-0.1, -0.05) is 48.0 Å². The van der Waals surface area contributed by atoms with E-state index in [9.17, 15) is 14.4 Å². The summed E-state index contributed by atoms with van der Waals surface area (Å²) in [7, 11) is 0. The van der Waals surface area contributed by atoms with Crippen LogP contribution in [-0.2, 0) is 16.0 Å². The second-order valence-electron chi connectivity index (χ2n) is 7.17. The predicted molar refractivity (Wildman–Crippen MR) is 105 cm³/mol. The topological polar surface area (TPSA) is 78.5 Å². The minimum absolute atomic E-state index is 0.104. The largest absolute Gasteiger partial charge is 0.347 e. The Morgan fingerprint density at radius 3 is 2.68 bits per heavy atom. The molecule has 0 aliphatic carbocycles. The first kappa shape index (κ1) is 18.5. The van der Waals surface area contributed by atoms with E-state index in [4.69, 9.17) is 11.6 Å². The molecule has 2 saturated heterocycles. The van der Waals surface area contributed by atoms with Gasteiger partial charge in [0, 0.05) is 29.6 Å². The van der Waals surface area contributed by atoms with Crippen molar-refractivity contribution in [2.75, 3.05) is 6.54 Å². The van der Waals surface area contributed by atoms with Crippen molar-refractivity contribution in [2.45, 2.75) is 31.0 Å². The Bertz CT molecular complexity index is 918. The van der Waals surface area contributed by atoms with Gasteiger partial charge >= 0.3 is 0 Å². The molecular formula is C21H20ClN3O3. The van der Waals surface area contributed by atoms with Crippen LogP contribution in [0.2, 0.25) is 5.02 Å². The fraction of sp³-hybridized carbons (Fsp3) is 0.286. The monoisotopic (exact) mass is 397 g/mol. The number of nitrogens with zero attached hydrogens (tertiary/aromatic N) is 1. The standard InChI is InChI=1S/C21H20ClN3O3/c22-15-8-4-7-14(10-15)19(26)23-16-11-18-20(27)24-17(21(28)25(18)12-16)9-13-5-2-1-3-6-13/h1-8,10,16-18H,9,11-12H2,(H,23,26)(H,24,27)/t16-,17-,18-/m0/s1. The van der Waals surface area contributed by atoms with Gasteiger partial charge in [-0.15, -0.1) is 0 Å².